The molecule has 1 fully saturated rings. The third-order valence-electron chi connectivity index (χ3n) is 5.32. The molecule has 29 heavy (non-hydrogen) atoms. The maximum Gasteiger partial charge on any atom is 0.522 e. The minimum Gasteiger partial charge on any atom is -0.449 e. The van der Waals surface area contributed by atoms with Crippen LogP contribution in [0.1, 0.15) is 23.5 Å². The SMILES string of the molecule is O=C(NC[C@@H]1C[C@@H](OC(F)(F)F)CN1)OCC1c2ccccc2-c2ccccc21. The average molecular weight is 406 g/mol. The van der Waals surface area contributed by atoms with Gasteiger partial charge in [-0.2, -0.15) is 0 Å². The van der Waals surface area contributed by atoms with E-state index in [1.807, 2.05) is 36.4 Å². The third kappa shape index (κ3) is 4.54. The summed E-state index contributed by atoms with van der Waals surface area (Å²) in [6.45, 7) is 0.461. The second-order valence-electron chi connectivity index (χ2n) is 7.23. The maximum absolute atomic E-state index is 12.3. The monoisotopic (exact) mass is 406 g/mol. The molecule has 1 heterocycles. The van der Waals surface area contributed by atoms with Crippen LogP contribution in [0.15, 0.2) is 48.5 Å². The molecule has 0 spiro atoms. The molecule has 0 bridgehead atoms. The van der Waals surface area contributed by atoms with Crippen LogP contribution < -0.4 is 10.6 Å². The van der Waals surface area contributed by atoms with Crippen LogP contribution >= 0.6 is 0 Å². The van der Waals surface area contributed by atoms with Crippen LogP contribution in [0.2, 0.25) is 0 Å². The number of benzene rings is 2. The van der Waals surface area contributed by atoms with Crippen molar-refractivity contribution in [1.82, 2.24) is 10.6 Å². The van der Waals surface area contributed by atoms with E-state index in [0.29, 0.717) is 0 Å². The molecule has 2 aliphatic rings. The van der Waals surface area contributed by atoms with Gasteiger partial charge in [0.1, 0.15) is 6.61 Å². The Morgan fingerprint density at radius 3 is 2.31 bits per heavy atom. The molecule has 2 N–H and O–H groups in total. The van der Waals surface area contributed by atoms with E-state index in [2.05, 4.69) is 27.5 Å². The van der Waals surface area contributed by atoms with Gasteiger partial charge in [0.25, 0.3) is 0 Å². The van der Waals surface area contributed by atoms with E-state index in [0.717, 1.165) is 22.3 Å². The highest BCUT2D eigenvalue weighted by Crippen LogP contribution is 2.44. The summed E-state index contributed by atoms with van der Waals surface area (Å²) in [7, 11) is 0. The number of carbonyl (C=O) groups is 1. The fourth-order valence-electron chi connectivity index (χ4n) is 4.07. The van der Waals surface area contributed by atoms with Crippen LogP contribution in [0.4, 0.5) is 18.0 Å². The first-order valence-corrected chi connectivity index (χ1v) is 9.47. The van der Waals surface area contributed by atoms with Crippen molar-refractivity contribution >= 4 is 6.09 Å². The number of nitrogens with one attached hydrogen (secondary N) is 2. The number of hydrogen-bond acceptors (Lipinski definition) is 4. The standard InChI is InChI=1S/C21H21F3N2O3/c22-21(23,24)29-14-9-13(25-11-14)10-26-20(27)28-12-19-17-7-3-1-5-15(17)16-6-2-4-8-18(16)19/h1-8,13-14,19,25H,9-12H2,(H,26,27)/t13-,14+/m0/s1. The molecule has 1 amide bonds. The summed E-state index contributed by atoms with van der Waals surface area (Å²) in [6, 6.07) is 15.8. The summed E-state index contributed by atoms with van der Waals surface area (Å²) in [6.07, 6.45) is -6.01. The molecular weight excluding hydrogens is 385 g/mol. The van der Waals surface area contributed by atoms with Gasteiger partial charge in [-0.05, 0) is 28.7 Å². The van der Waals surface area contributed by atoms with Crippen LogP contribution in [-0.4, -0.2) is 44.3 Å². The van der Waals surface area contributed by atoms with Gasteiger partial charge in [0, 0.05) is 25.0 Å². The first-order valence-electron chi connectivity index (χ1n) is 9.47. The summed E-state index contributed by atoms with van der Waals surface area (Å²) in [5.74, 6) is -0.0395. The van der Waals surface area contributed by atoms with Crippen LogP contribution in [-0.2, 0) is 9.47 Å². The number of halogens is 3. The van der Waals surface area contributed by atoms with Gasteiger partial charge in [0.05, 0.1) is 6.10 Å². The number of fused-ring (bicyclic) bond motifs is 3. The van der Waals surface area contributed by atoms with Crippen LogP contribution in [0, 0.1) is 0 Å². The lowest BCUT2D eigenvalue weighted by molar-refractivity contribution is -0.340. The average Bonchev–Trinajstić information content (AvgIpc) is 3.25. The number of hydrogen-bond donors (Lipinski definition) is 2. The first-order chi connectivity index (χ1) is 13.9. The zero-order valence-corrected chi connectivity index (χ0v) is 15.5. The Bertz CT molecular complexity index is 842. The van der Waals surface area contributed by atoms with E-state index in [1.54, 1.807) is 0 Å². The van der Waals surface area contributed by atoms with E-state index >= 15 is 0 Å². The number of amides is 1. The summed E-state index contributed by atoms with van der Waals surface area (Å²) in [4.78, 5) is 12.1. The lowest BCUT2D eigenvalue weighted by Crippen LogP contribution is -2.37. The van der Waals surface area contributed by atoms with Gasteiger partial charge in [-0.1, -0.05) is 48.5 Å². The Labute approximate surface area is 166 Å². The van der Waals surface area contributed by atoms with Crippen molar-refractivity contribution in [2.75, 3.05) is 19.7 Å². The number of carbonyl (C=O) groups excluding carboxylic acids is 1. The zero-order valence-electron chi connectivity index (χ0n) is 15.5. The highest BCUT2D eigenvalue weighted by molar-refractivity contribution is 5.79. The summed E-state index contributed by atoms with van der Waals surface area (Å²) in [5.41, 5.74) is 4.52. The fourth-order valence-corrected chi connectivity index (χ4v) is 4.07. The first kappa shape index (κ1) is 19.7. The molecule has 0 saturated carbocycles. The normalized spacial score (nSPS) is 20.9. The second kappa shape index (κ2) is 8.04. The van der Waals surface area contributed by atoms with E-state index in [1.165, 1.54) is 0 Å². The van der Waals surface area contributed by atoms with Crippen LogP contribution in [0.3, 0.4) is 0 Å². The number of alkyl carbamates (subject to hydrolysis) is 1. The molecule has 0 radical (unpaired) electrons. The van der Waals surface area contributed by atoms with Crippen molar-refractivity contribution in [2.24, 2.45) is 0 Å². The minimum atomic E-state index is -4.65. The molecule has 8 heteroatoms. The van der Waals surface area contributed by atoms with E-state index < -0.39 is 18.6 Å². The lowest BCUT2D eigenvalue weighted by atomic mass is 9.98. The van der Waals surface area contributed by atoms with Crippen molar-refractivity contribution in [3.8, 4) is 11.1 Å². The predicted octanol–water partition coefficient (Wildman–Crippen LogP) is 3.79. The fraction of sp³-hybridized carbons (Fsp3) is 0.381. The van der Waals surface area contributed by atoms with Crippen molar-refractivity contribution in [3.63, 3.8) is 0 Å². The van der Waals surface area contributed by atoms with Gasteiger partial charge in [0.2, 0.25) is 0 Å². The molecule has 2 aromatic rings. The summed E-state index contributed by atoms with van der Waals surface area (Å²) < 4.78 is 46.2. The topological polar surface area (TPSA) is 59.6 Å². The van der Waals surface area contributed by atoms with Gasteiger partial charge in [-0.3, -0.25) is 4.74 Å². The molecule has 1 saturated heterocycles. The minimum absolute atomic E-state index is 0.0395. The molecule has 1 aliphatic heterocycles. The molecule has 1 aliphatic carbocycles. The third-order valence-corrected chi connectivity index (χ3v) is 5.32. The molecule has 2 atom stereocenters. The number of ether oxygens (including phenoxy) is 2. The quantitative estimate of drug-likeness (QED) is 0.793. The van der Waals surface area contributed by atoms with Crippen molar-refractivity contribution in [2.45, 2.75) is 30.8 Å². The van der Waals surface area contributed by atoms with Gasteiger partial charge in [-0.15, -0.1) is 13.2 Å². The van der Waals surface area contributed by atoms with E-state index in [4.69, 9.17) is 4.74 Å². The molecule has 154 valence electrons. The molecular formula is C21H21F3N2O3. The predicted molar refractivity (Wildman–Crippen MR) is 100 cm³/mol. The van der Waals surface area contributed by atoms with Crippen molar-refractivity contribution in [3.05, 3.63) is 59.7 Å². The smallest absolute Gasteiger partial charge is 0.449 e. The number of alkyl halides is 3. The highest BCUT2D eigenvalue weighted by Gasteiger charge is 2.37. The molecule has 4 rings (SSSR count). The molecule has 0 unspecified atom stereocenters. The lowest BCUT2D eigenvalue weighted by Gasteiger charge is -2.16. The highest BCUT2D eigenvalue weighted by atomic mass is 19.4. The summed E-state index contributed by atoms with van der Waals surface area (Å²) in [5, 5.41) is 5.53. The van der Waals surface area contributed by atoms with E-state index in [9.17, 15) is 18.0 Å². The van der Waals surface area contributed by atoms with Gasteiger partial charge in [-0.25, -0.2) is 4.79 Å². The largest absolute Gasteiger partial charge is 0.522 e. The Morgan fingerprint density at radius 1 is 1.07 bits per heavy atom. The maximum atomic E-state index is 12.3. The van der Waals surface area contributed by atoms with Gasteiger partial charge >= 0.3 is 12.5 Å². The van der Waals surface area contributed by atoms with Gasteiger partial charge < -0.3 is 15.4 Å². The Balaban J connectivity index is 1.29. The summed E-state index contributed by atoms with van der Waals surface area (Å²) >= 11 is 0. The van der Waals surface area contributed by atoms with Crippen molar-refractivity contribution in [1.29, 1.82) is 0 Å². The molecule has 5 nitrogen and oxygen atoms in total. The second-order valence-corrected chi connectivity index (χ2v) is 7.23. The van der Waals surface area contributed by atoms with E-state index in [-0.39, 0.29) is 38.1 Å². The molecule has 0 aromatic heterocycles. The van der Waals surface area contributed by atoms with Gasteiger partial charge in [0.15, 0.2) is 0 Å². The Morgan fingerprint density at radius 2 is 1.69 bits per heavy atom. The van der Waals surface area contributed by atoms with Crippen molar-refractivity contribution < 1.29 is 27.4 Å². The number of rotatable bonds is 5. The molecule has 2 aromatic carbocycles. The van der Waals surface area contributed by atoms with Crippen LogP contribution in [0.5, 0.6) is 0 Å². The zero-order chi connectivity index (χ0) is 20.4. The Hall–Kier alpha value is -2.58. The Kier molecular flexibility index (Phi) is 5.47. The van der Waals surface area contributed by atoms with Crippen LogP contribution in [0.25, 0.3) is 11.1 Å².